The van der Waals surface area contributed by atoms with E-state index in [1.165, 1.54) is 11.8 Å². The van der Waals surface area contributed by atoms with Gasteiger partial charge in [0.1, 0.15) is 12.1 Å². The molecule has 24 heavy (non-hydrogen) atoms. The minimum atomic E-state index is -0.135. The van der Waals surface area contributed by atoms with Crippen LogP contribution in [-0.4, -0.2) is 36.2 Å². The summed E-state index contributed by atoms with van der Waals surface area (Å²) in [5.74, 6) is 0.728. The van der Waals surface area contributed by atoms with Gasteiger partial charge in [0, 0.05) is 18.1 Å². The number of aromatic nitrogens is 5. The highest BCUT2D eigenvalue weighted by Crippen LogP contribution is 2.19. The zero-order valence-electron chi connectivity index (χ0n) is 12.9. The van der Waals surface area contributed by atoms with E-state index < -0.39 is 0 Å². The number of nitrogens with one attached hydrogen (secondary N) is 1. The summed E-state index contributed by atoms with van der Waals surface area (Å²) in [7, 11) is 1.83. The Labute approximate surface area is 148 Å². The van der Waals surface area contributed by atoms with Crippen LogP contribution in [0.4, 0.5) is 5.82 Å². The van der Waals surface area contributed by atoms with Crippen LogP contribution in [0.5, 0.6) is 0 Å². The third-order valence-electron chi connectivity index (χ3n) is 3.26. The first kappa shape index (κ1) is 16.5. The Bertz CT molecular complexity index is 846. The van der Waals surface area contributed by atoms with E-state index in [1.807, 2.05) is 31.3 Å². The molecule has 0 atom stereocenters. The lowest BCUT2D eigenvalue weighted by atomic mass is 10.2. The fraction of sp³-hybridized carbons (Fsp3) is 0.200. The van der Waals surface area contributed by atoms with Crippen LogP contribution in [0, 0.1) is 0 Å². The van der Waals surface area contributed by atoms with Crippen molar-refractivity contribution in [1.82, 2.24) is 24.5 Å². The molecule has 0 spiro atoms. The number of carbonyl (C=O) groups is 1. The molecule has 0 unspecified atom stereocenters. The van der Waals surface area contributed by atoms with Crippen molar-refractivity contribution in [3.05, 3.63) is 53.4 Å². The first-order chi connectivity index (χ1) is 11.6. The SMILES string of the molecule is Cn1cnnc1SCC(=O)Nc1ccnn1Cc1ccccc1Cl. The maximum atomic E-state index is 12.1. The largest absolute Gasteiger partial charge is 0.312 e. The molecule has 0 aliphatic rings. The van der Waals surface area contributed by atoms with Crippen LogP contribution in [0.2, 0.25) is 5.02 Å². The summed E-state index contributed by atoms with van der Waals surface area (Å²) in [6, 6.07) is 9.30. The minimum absolute atomic E-state index is 0.135. The van der Waals surface area contributed by atoms with Crippen LogP contribution in [0.15, 0.2) is 48.0 Å². The van der Waals surface area contributed by atoms with E-state index in [1.54, 1.807) is 27.8 Å². The molecule has 0 aliphatic heterocycles. The average Bonchev–Trinajstić information content (AvgIpc) is 3.17. The quantitative estimate of drug-likeness (QED) is 0.681. The van der Waals surface area contributed by atoms with E-state index in [-0.39, 0.29) is 11.7 Å². The van der Waals surface area contributed by atoms with Gasteiger partial charge in [0.15, 0.2) is 5.16 Å². The fourth-order valence-corrected chi connectivity index (χ4v) is 2.95. The number of hydrogen-bond acceptors (Lipinski definition) is 5. The molecule has 1 aromatic carbocycles. The van der Waals surface area contributed by atoms with E-state index in [9.17, 15) is 4.79 Å². The van der Waals surface area contributed by atoms with Crippen molar-refractivity contribution in [2.24, 2.45) is 7.05 Å². The summed E-state index contributed by atoms with van der Waals surface area (Å²) >= 11 is 7.50. The van der Waals surface area contributed by atoms with Gasteiger partial charge in [0.2, 0.25) is 5.91 Å². The molecule has 2 heterocycles. The van der Waals surface area contributed by atoms with Gasteiger partial charge in [0.25, 0.3) is 0 Å². The molecule has 0 radical (unpaired) electrons. The molecule has 124 valence electrons. The molecule has 7 nitrogen and oxygen atoms in total. The Morgan fingerprint density at radius 1 is 1.33 bits per heavy atom. The van der Waals surface area contributed by atoms with Gasteiger partial charge in [-0.05, 0) is 11.6 Å². The van der Waals surface area contributed by atoms with Gasteiger partial charge in [-0.1, -0.05) is 41.6 Å². The number of amides is 1. The summed E-state index contributed by atoms with van der Waals surface area (Å²) in [5.41, 5.74) is 0.937. The van der Waals surface area contributed by atoms with Crippen molar-refractivity contribution in [1.29, 1.82) is 0 Å². The van der Waals surface area contributed by atoms with Gasteiger partial charge in [-0.2, -0.15) is 5.10 Å². The molecule has 3 aromatic rings. The lowest BCUT2D eigenvalue weighted by Gasteiger charge is -2.10. The molecule has 0 aliphatic carbocycles. The highest BCUT2D eigenvalue weighted by molar-refractivity contribution is 7.99. The molecule has 0 saturated carbocycles. The summed E-state index contributed by atoms with van der Waals surface area (Å²) < 4.78 is 3.46. The molecule has 2 aromatic heterocycles. The second-order valence-electron chi connectivity index (χ2n) is 5.03. The highest BCUT2D eigenvalue weighted by atomic mass is 35.5. The number of carbonyl (C=O) groups excluding carboxylic acids is 1. The zero-order chi connectivity index (χ0) is 16.9. The van der Waals surface area contributed by atoms with E-state index >= 15 is 0 Å². The lowest BCUT2D eigenvalue weighted by Crippen LogP contribution is -2.18. The second-order valence-corrected chi connectivity index (χ2v) is 6.38. The van der Waals surface area contributed by atoms with Crippen LogP contribution in [0.25, 0.3) is 0 Å². The van der Waals surface area contributed by atoms with Gasteiger partial charge in [-0.3, -0.25) is 4.79 Å². The standard InChI is InChI=1S/C15H15ClN6OS/c1-21-10-17-20-15(21)24-9-14(23)19-13-6-7-18-22(13)8-11-4-2-3-5-12(11)16/h2-7,10H,8-9H2,1H3,(H,19,23). The van der Waals surface area contributed by atoms with Gasteiger partial charge in [-0.25, -0.2) is 4.68 Å². The average molecular weight is 363 g/mol. The third-order valence-corrected chi connectivity index (χ3v) is 4.67. The monoisotopic (exact) mass is 362 g/mol. The molecule has 1 N–H and O–H groups in total. The number of nitrogens with zero attached hydrogens (tertiary/aromatic N) is 5. The van der Waals surface area contributed by atoms with E-state index in [4.69, 9.17) is 11.6 Å². The Hall–Kier alpha value is -2.32. The second kappa shape index (κ2) is 7.50. The molecule has 3 rings (SSSR count). The van der Waals surface area contributed by atoms with Crippen LogP contribution < -0.4 is 5.32 Å². The van der Waals surface area contributed by atoms with Crippen molar-refractivity contribution in [2.75, 3.05) is 11.1 Å². The highest BCUT2D eigenvalue weighted by Gasteiger charge is 2.11. The lowest BCUT2D eigenvalue weighted by molar-refractivity contribution is -0.113. The molecular formula is C15H15ClN6OS. The van der Waals surface area contributed by atoms with Crippen LogP contribution in [-0.2, 0) is 18.4 Å². The number of rotatable bonds is 6. The van der Waals surface area contributed by atoms with Gasteiger partial charge >= 0.3 is 0 Å². The van der Waals surface area contributed by atoms with Crippen molar-refractivity contribution in [3.63, 3.8) is 0 Å². The first-order valence-corrected chi connectivity index (χ1v) is 8.51. The van der Waals surface area contributed by atoms with Crippen LogP contribution in [0.3, 0.4) is 0 Å². The van der Waals surface area contributed by atoms with E-state index in [0.717, 1.165) is 5.56 Å². The summed E-state index contributed by atoms with van der Waals surface area (Å²) in [4.78, 5) is 12.1. The van der Waals surface area contributed by atoms with Crippen LogP contribution >= 0.6 is 23.4 Å². The van der Waals surface area contributed by atoms with Gasteiger partial charge in [-0.15, -0.1) is 10.2 Å². The Kier molecular flexibility index (Phi) is 5.17. The predicted octanol–water partition coefficient (Wildman–Crippen LogP) is 2.44. The maximum absolute atomic E-state index is 12.1. The summed E-state index contributed by atoms with van der Waals surface area (Å²) in [6.45, 7) is 0.485. The number of aryl methyl sites for hydroxylation is 1. The molecular weight excluding hydrogens is 348 g/mol. The van der Waals surface area contributed by atoms with Gasteiger partial charge < -0.3 is 9.88 Å². The smallest absolute Gasteiger partial charge is 0.235 e. The molecule has 0 fully saturated rings. The summed E-state index contributed by atoms with van der Waals surface area (Å²) in [5, 5.41) is 16.2. The van der Waals surface area contributed by atoms with E-state index in [2.05, 4.69) is 20.6 Å². The van der Waals surface area contributed by atoms with Gasteiger partial charge in [0.05, 0.1) is 18.5 Å². The Morgan fingerprint density at radius 2 is 2.17 bits per heavy atom. The number of thioether (sulfide) groups is 1. The fourth-order valence-electron chi connectivity index (χ4n) is 2.07. The first-order valence-electron chi connectivity index (χ1n) is 7.15. The summed E-state index contributed by atoms with van der Waals surface area (Å²) in [6.07, 6.45) is 3.24. The van der Waals surface area contributed by atoms with Crippen molar-refractivity contribution in [3.8, 4) is 0 Å². The predicted molar refractivity (Wildman–Crippen MR) is 93.1 cm³/mol. The number of benzene rings is 1. The van der Waals surface area contributed by atoms with Crippen molar-refractivity contribution in [2.45, 2.75) is 11.7 Å². The molecule has 9 heteroatoms. The maximum Gasteiger partial charge on any atom is 0.235 e. The third kappa shape index (κ3) is 3.95. The normalized spacial score (nSPS) is 10.8. The number of halogens is 1. The minimum Gasteiger partial charge on any atom is -0.312 e. The van der Waals surface area contributed by atoms with E-state index in [0.29, 0.717) is 22.5 Å². The topological polar surface area (TPSA) is 77.6 Å². The molecule has 0 bridgehead atoms. The Morgan fingerprint density at radius 3 is 2.92 bits per heavy atom. The molecule has 0 saturated heterocycles. The van der Waals surface area contributed by atoms with Crippen LogP contribution in [0.1, 0.15) is 5.56 Å². The Balaban J connectivity index is 1.62. The van der Waals surface area contributed by atoms with Crippen molar-refractivity contribution < 1.29 is 4.79 Å². The zero-order valence-corrected chi connectivity index (χ0v) is 14.5. The number of hydrogen-bond donors (Lipinski definition) is 1. The molecule has 1 amide bonds. The number of anilines is 1. The van der Waals surface area contributed by atoms with Crippen molar-refractivity contribution >= 4 is 35.1 Å².